The first-order valence-corrected chi connectivity index (χ1v) is 12.0. The molecular weight excluding hydrogens is 451 g/mol. The van der Waals surface area contributed by atoms with Crippen molar-refractivity contribution in [3.8, 4) is 0 Å². The van der Waals surface area contributed by atoms with Crippen LogP contribution >= 0.6 is 22.7 Å². The molecule has 0 radical (unpaired) electrons. The van der Waals surface area contributed by atoms with Crippen LogP contribution in [0.3, 0.4) is 0 Å². The largest absolute Gasteiger partial charge is 0.388 e. The van der Waals surface area contributed by atoms with Crippen LogP contribution < -0.4 is 5.32 Å². The average Bonchev–Trinajstić information content (AvgIpc) is 3.34. The maximum Gasteiger partial charge on any atom is 0.280 e. The van der Waals surface area contributed by atoms with Crippen LogP contribution in [0, 0.1) is 5.13 Å². The highest BCUT2D eigenvalue weighted by molar-refractivity contribution is 7.92. The lowest BCUT2D eigenvalue weighted by molar-refractivity contribution is -0.110. The van der Waals surface area contributed by atoms with Gasteiger partial charge in [0.05, 0.1) is 16.3 Å². The molecule has 3 aromatic rings. The number of anilines is 1. The van der Waals surface area contributed by atoms with Crippen molar-refractivity contribution in [2.75, 3.05) is 5.32 Å². The molecule has 0 bridgehead atoms. The lowest BCUT2D eigenvalue weighted by atomic mass is 10.1. The van der Waals surface area contributed by atoms with Crippen molar-refractivity contribution >= 4 is 49.3 Å². The van der Waals surface area contributed by atoms with Crippen LogP contribution in [0.1, 0.15) is 23.4 Å². The smallest absolute Gasteiger partial charge is 0.280 e. The van der Waals surface area contributed by atoms with E-state index in [4.69, 9.17) is 4.84 Å². The number of thiazole rings is 2. The number of aromatic nitrogens is 2. The van der Waals surface area contributed by atoms with Gasteiger partial charge >= 0.3 is 0 Å². The van der Waals surface area contributed by atoms with Gasteiger partial charge in [-0.25, -0.2) is 18.4 Å². The van der Waals surface area contributed by atoms with Crippen molar-refractivity contribution in [2.24, 2.45) is 5.16 Å². The SMILES string of the molecule is O=C(Nc1ncc(F)s1)/C(=N/OCc1nccs1)c1ccc(S(=O)(=O)C2CC2)cc1. The number of benzene rings is 1. The Morgan fingerprint density at radius 1 is 1.27 bits per heavy atom. The van der Waals surface area contributed by atoms with E-state index < -0.39 is 20.9 Å². The number of halogens is 1. The monoisotopic (exact) mass is 466 g/mol. The Bertz CT molecular complexity index is 1170. The Morgan fingerprint density at radius 2 is 2.03 bits per heavy atom. The second-order valence-electron chi connectivity index (χ2n) is 6.33. The second kappa shape index (κ2) is 8.58. The summed E-state index contributed by atoms with van der Waals surface area (Å²) in [5, 5.41) is 8.03. The number of hydrogen-bond acceptors (Lipinski definition) is 9. The van der Waals surface area contributed by atoms with Gasteiger partial charge in [0.1, 0.15) is 5.01 Å². The summed E-state index contributed by atoms with van der Waals surface area (Å²) >= 11 is 2.05. The van der Waals surface area contributed by atoms with Gasteiger partial charge in [-0.3, -0.25) is 10.1 Å². The predicted octanol–water partition coefficient (Wildman–Crippen LogP) is 3.23. The van der Waals surface area contributed by atoms with Crippen LogP contribution in [0.4, 0.5) is 9.52 Å². The van der Waals surface area contributed by atoms with Gasteiger partial charge in [-0.1, -0.05) is 28.6 Å². The molecular formula is C18H15FN4O4S3. The Balaban J connectivity index is 1.57. The number of sulfone groups is 1. The van der Waals surface area contributed by atoms with E-state index in [0.717, 1.165) is 6.20 Å². The summed E-state index contributed by atoms with van der Waals surface area (Å²) < 4.78 is 37.9. The van der Waals surface area contributed by atoms with Crippen LogP contribution in [0.5, 0.6) is 0 Å². The van der Waals surface area contributed by atoms with E-state index in [1.165, 1.54) is 35.6 Å². The lowest BCUT2D eigenvalue weighted by Crippen LogP contribution is -2.24. The zero-order valence-corrected chi connectivity index (χ0v) is 17.8. The summed E-state index contributed by atoms with van der Waals surface area (Å²) in [7, 11) is -3.35. The van der Waals surface area contributed by atoms with Crippen LogP contribution in [0.2, 0.25) is 0 Å². The first kappa shape index (κ1) is 20.6. The third-order valence-electron chi connectivity index (χ3n) is 4.16. The molecule has 12 heteroatoms. The predicted molar refractivity (Wildman–Crippen MR) is 111 cm³/mol. The quantitative estimate of drug-likeness (QED) is 0.403. The van der Waals surface area contributed by atoms with E-state index in [-0.39, 0.29) is 27.6 Å². The molecule has 0 spiro atoms. The van der Waals surface area contributed by atoms with Crippen molar-refractivity contribution in [3.05, 3.63) is 57.7 Å². The summed E-state index contributed by atoms with van der Waals surface area (Å²) in [6, 6.07) is 5.86. The van der Waals surface area contributed by atoms with E-state index in [9.17, 15) is 17.6 Å². The van der Waals surface area contributed by atoms with E-state index in [0.29, 0.717) is 34.7 Å². The molecule has 156 valence electrons. The van der Waals surface area contributed by atoms with Gasteiger partial charge in [-0.05, 0) is 25.0 Å². The maximum atomic E-state index is 13.2. The van der Waals surface area contributed by atoms with Gasteiger partial charge in [-0.15, -0.1) is 11.3 Å². The molecule has 0 saturated heterocycles. The molecule has 30 heavy (non-hydrogen) atoms. The van der Waals surface area contributed by atoms with Crippen molar-refractivity contribution in [1.29, 1.82) is 0 Å². The number of nitrogens with one attached hydrogen (secondary N) is 1. The number of oxime groups is 1. The molecule has 1 aliphatic carbocycles. The number of amides is 1. The Morgan fingerprint density at radius 3 is 2.63 bits per heavy atom. The van der Waals surface area contributed by atoms with Gasteiger partial charge < -0.3 is 4.84 Å². The minimum Gasteiger partial charge on any atom is -0.388 e. The van der Waals surface area contributed by atoms with Gasteiger partial charge in [-0.2, -0.15) is 4.39 Å². The second-order valence-corrected chi connectivity index (χ2v) is 10.5. The highest BCUT2D eigenvalue weighted by atomic mass is 32.2. The molecule has 1 aromatic carbocycles. The zero-order chi connectivity index (χ0) is 21.1. The topological polar surface area (TPSA) is 111 Å². The van der Waals surface area contributed by atoms with Crippen LogP contribution in [-0.2, 0) is 26.1 Å². The van der Waals surface area contributed by atoms with Crippen LogP contribution in [0.25, 0.3) is 0 Å². The summed E-state index contributed by atoms with van der Waals surface area (Å²) in [5.41, 5.74) is 0.246. The van der Waals surface area contributed by atoms with Gasteiger partial charge in [0.2, 0.25) is 0 Å². The minimum absolute atomic E-state index is 0.0640. The third kappa shape index (κ3) is 4.71. The van der Waals surface area contributed by atoms with Crippen LogP contribution in [0.15, 0.2) is 52.1 Å². The number of nitrogens with zero attached hydrogens (tertiary/aromatic N) is 3. The lowest BCUT2D eigenvalue weighted by Gasteiger charge is -2.08. The highest BCUT2D eigenvalue weighted by Gasteiger charge is 2.36. The Kier molecular flexibility index (Phi) is 5.88. The standard InChI is InChI=1S/C18H15FN4O4S3/c19-14-9-21-18(29-14)22-17(24)16(23-27-10-15-20-7-8-28-15)11-1-3-12(4-2-11)30(25,26)13-5-6-13/h1-4,7-9,13H,5-6,10H2,(H,21,22,24)/b23-16+. The molecule has 1 aliphatic rings. The van der Waals surface area contributed by atoms with E-state index in [1.807, 2.05) is 0 Å². The average molecular weight is 467 g/mol. The molecule has 1 saturated carbocycles. The van der Waals surface area contributed by atoms with Crippen molar-refractivity contribution in [3.63, 3.8) is 0 Å². The maximum absolute atomic E-state index is 13.2. The third-order valence-corrected chi connectivity index (χ3v) is 7.89. The van der Waals surface area contributed by atoms with Crippen molar-refractivity contribution in [1.82, 2.24) is 9.97 Å². The Labute approximate surface area is 179 Å². The van der Waals surface area contributed by atoms with Gasteiger partial charge in [0.25, 0.3) is 5.91 Å². The fraction of sp³-hybridized carbons (Fsp3) is 0.222. The van der Waals surface area contributed by atoms with Gasteiger partial charge in [0, 0.05) is 17.1 Å². The first-order chi connectivity index (χ1) is 14.4. The molecule has 8 nitrogen and oxygen atoms in total. The molecule has 2 heterocycles. The summed E-state index contributed by atoms with van der Waals surface area (Å²) in [4.78, 5) is 26.0. The van der Waals surface area contributed by atoms with E-state index in [1.54, 1.807) is 11.6 Å². The van der Waals surface area contributed by atoms with Crippen molar-refractivity contribution in [2.45, 2.75) is 29.6 Å². The van der Waals surface area contributed by atoms with Gasteiger partial charge in [0.15, 0.2) is 32.4 Å². The molecule has 1 amide bonds. The normalized spacial score (nSPS) is 14.5. The van der Waals surface area contributed by atoms with Crippen molar-refractivity contribution < 1.29 is 22.4 Å². The fourth-order valence-electron chi connectivity index (χ4n) is 2.54. The fourth-order valence-corrected chi connectivity index (χ4v) is 5.26. The van der Waals surface area contributed by atoms with E-state index >= 15 is 0 Å². The zero-order valence-electron chi connectivity index (χ0n) is 15.3. The summed E-state index contributed by atoms with van der Waals surface area (Å²) in [5.74, 6) is -0.665. The highest BCUT2D eigenvalue weighted by Crippen LogP contribution is 2.33. The number of hydrogen-bond donors (Lipinski definition) is 1. The minimum atomic E-state index is -3.35. The number of carbonyl (C=O) groups is 1. The summed E-state index contributed by atoms with van der Waals surface area (Å²) in [6.07, 6.45) is 3.94. The molecule has 1 N–H and O–H groups in total. The molecule has 1 fully saturated rings. The molecule has 0 unspecified atom stereocenters. The van der Waals surface area contributed by atoms with Crippen LogP contribution in [-0.4, -0.2) is 35.3 Å². The molecule has 4 rings (SSSR count). The van der Waals surface area contributed by atoms with E-state index in [2.05, 4.69) is 20.4 Å². The summed E-state index contributed by atoms with van der Waals surface area (Å²) in [6.45, 7) is 0.0640. The Hall–Kier alpha value is -2.70. The molecule has 0 atom stereocenters. The first-order valence-electron chi connectivity index (χ1n) is 8.79. The number of carbonyl (C=O) groups excluding carboxylic acids is 1. The molecule has 0 aliphatic heterocycles. The number of rotatable bonds is 8. The molecule has 2 aromatic heterocycles.